The maximum atomic E-state index is 5.99. The van der Waals surface area contributed by atoms with Gasteiger partial charge in [0.1, 0.15) is 17.6 Å². The molecule has 0 aliphatic heterocycles. The molecule has 0 aliphatic carbocycles. The Balaban J connectivity index is 1.84. The third kappa shape index (κ3) is 5.85. The number of anilines is 1. The van der Waals surface area contributed by atoms with E-state index in [2.05, 4.69) is 26.1 Å². The first-order valence-electron chi connectivity index (χ1n) is 8.43. The van der Waals surface area contributed by atoms with Crippen LogP contribution in [0.25, 0.3) is 0 Å². The van der Waals surface area contributed by atoms with Crippen LogP contribution < -0.4 is 14.8 Å². The van der Waals surface area contributed by atoms with Gasteiger partial charge < -0.3 is 14.8 Å². The van der Waals surface area contributed by atoms with Gasteiger partial charge in [-0.2, -0.15) is 0 Å². The van der Waals surface area contributed by atoms with Crippen molar-refractivity contribution >= 4 is 5.69 Å². The second kappa shape index (κ2) is 9.09. The van der Waals surface area contributed by atoms with E-state index >= 15 is 0 Å². The zero-order valence-corrected chi connectivity index (χ0v) is 14.3. The highest BCUT2D eigenvalue weighted by atomic mass is 16.5. The molecule has 3 heteroatoms. The molecule has 0 heterocycles. The zero-order valence-electron chi connectivity index (χ0n) is 14.3. The van der Waals surface area contributed by atoms with Crippen molar-refractivity contribution in [1.29, 1.82) is 0 Å². The fourth-order valence-corrected chi connectivity index (χ4v) is 2.16. The lowest BCUT2D eigenvalue weighted by Crippen LogP contribution is -2.25. The van der Waals surface area contributed by atoms with Gasteiger partial charge >= 0.3 is 0 Å². The van der Waals surface area contributed by atoms with Crippen molar-refractivity contribution in [2.24, 2.45) is 0 Å². The molecule has 2 atom stereocenters. The van der Waals surface area contributed by atoms with Gasteiger partial charge in [-0.3, -0.25) is 0 Å². The minimum absolute atomic E-state index is 0.147. The molecule has 23 heavy (non-hydrogen) atoms. The van der Waals surface area contributed by atoms with Gasteiger partial charge in [-0.05, 0) is 56.2 Å². The van der Waals surface area contributed by atoms with Gasteiger partial charge in [0.05, 0.1) is 12.6 Å². The van der Waals surface area contributed by atoms with E-state index in [1.807, 2.05) is 54.6 Å². The normalized spacial score (nSPS) is 13.2. The van der Waals surface area contributed by atoms with E-state index in [4.69, 9.17) is 9.47 Å². The minimum Gasteiger partial charge on any atom is -0.491 e. The summed E-state index contributed by atoms with van der Waals surface area (Å²) in [6.07, 6.45) is 2.36. The molecule has 124 valence electrons. The van der Waals surface area contributed by atoms with Gasteiger partial charge in [0.2, 0.25) is 0 Å². The molecule has 0 saturated heterocycles. The molecule has 0 spiro atoms. The van der Waals surface area contributed by atoms with Crippen LogP contribution in [0, 0.1) is 0 Å². The molecule has 3 nitrogen and oxygen atoms in total. The number of rotatable bonds is 9. The average molecular weight is 313 g/mol. The third-order valence-corrected chi connectivity index (χ3v) is 3.80. The van der Waals surface area contributed by atoms with Crippen LogP contribution in [-0.4, -0.2) is 18.8 Å². The quantitative estimate of drug-likeness (QED) is 0.696. The Hall–Kier alpha value is -2.16. The van der Waals surface area contributed by atoms with Crippen LogP contribution in [0.3, 0.4) is 0 Å². The molecule has 2 unspecified atom stereocenters. The summed E-state index contributed by atoms with van der Waals surface area (Å²) >= 11 is 0. The van der Waals surface area contributed by atoms with E-state index in [0.717, 1.165) is 36.6 Å². The molecule has 0 amide bonds. The summed E-state index contributed by atoms with van der Waals surface area (Å²) in [6, 6.07) is 18.1. The summed E-state index contributed by atoms with van der Waals surface area (Å²) in [5.74, 6) is 1.83. The largest absolute Gasteiger partial charge is 0.491 e. The number of nitrogens with one attached hydrogen (secondary N) is 1. The monoisotopic (exact) mass is 313 g/mol. The maximum Gasteiger partial charge on any atom is 0.119 e. The van der Waals surface area contributed by atoms with E-state index < -0.39 is 0 Å². The Bertz CT molecular complexity index is 554. The highest BCUT2D eigenvalue weighted by molar-refractivity contribution is 5.46. The molecule has 0 bridgehead atoms. The van der Waals surface area contributed by atoms with Crippen LogP contribution >= 0.6 is 0 Å². The van der Waals surface area contributed by atoms with Crippen LogP contribution in [0.1, 0.15) is 33.6 Å². The molecule has 0 radical (unpaired) electrons. The van der Waals surface area contributed by atoms with Gasteiger partial charge in [0.15, 0.2) is 0 Å². The number of hydrogen-bond acceptors (Lipinski definition) is 3. The molecule has 0 saturated carbocycles. The van der Waals surface area contributed by atoms with Gasteiger partial charge in [0, 0.05) is 5.69 Å². The number of ether oxygens (including phenoxy) is 2. The molecular formula is C20H27NO2. The van der Waals surface area contributed by atoms with Gasteiger partial charge in [-0.25, -0.2) is 0 Å². The van der Waals surface area contributed by atoms with Gasteiger partial charge in [-0.1, -0.05) is 32.0 Å². The summed E-state index contributed by atoms with van der Waals surface area (Å²) in [6.45, 7) is 7.12. The zero-order chi connectivity index (χ0) is 16.5. The molecule has 0 fully saturated rings. The SMILES string of the molecule is CCC(C)Oc1ccc(NCC(CC)Oc2ccccc2)cc1. The fourth-order valence-electron chi connectivity index (χ4n) is 2.16. The van der Waals surface area contributed by atoms with Crippen molar-refractivity contribution in [3.63, 3.8) is 0 Å². The first-order chi connectivity index (χ1) is 11.2. The Morgan fingerprint density at radius 2 is 1.48 bits per heavy atom. The summed E-state index contributed by atoms with van der Waals surface area (Å²) < 4.78 is 11.8. The van der Waals surface area contributed by atoms with Crippen LogP contribution in [0.2, 0.25) is 0 Å². The summed E-state index contributed by atoms with van der Waals surface area (Å²) in [7, 11) is 0. The van der Waals surface area contributed by atoms with E-state index in [9.17, 15) is 0 Å². The highest BCUT2D eigenvalue weighted by Gasteiger charge is 2.08. The molecule has 0 aromatic heterocycles. The van der Waals surface area contributed by atoms with Crippen molar-refractivity contribution in [3.8, 4) is 11.5 Å². The lowest BCUT2D eigenvalue weighted by atomic mass is 10.2. The minimum atomic E-state index is 0.147. The standard InChI is InChI=1S/C20H27NO2/c1-4-16(3)22-20-13-11-17(12-14-20)21-15-18(5-2)23-19-9-7-6-8-10-19/h6-14,16,18,21H,4-5,15H2,1-3H3. The highest BCUT2D eigenvalue weighted by Crippen LogP contribution is 2.18. The summed E-state index contributed by atoms with van der Waals surface area (Å²) in [5.41, 5.74) is 1.08. The molecule has 2 aromatic carbocycles. The Kier molecular flexibility index (Phi) is 6.79. The van der Waals surface area contributed by atoms with Gasteiger partial charge in [-0.15, -0.1) is 0 Å². The lowest BCUT2D eigenvalue weighted by molar-refractivity contribution is 0.210. The van der Waals surface area contributed by atoms with Crippen LogP contribution in [0.5, 0.6) is 11.5 Å². The fraction of sp³-hybridized carbons (Fsp3) is 0.400. The van der Waals surface area contributed by atoms with E-state index in [1.165, 1.54) is 0 Å². The van der Waals surface area contributed by atoms with Crippen molar-refractivity contribution in [2.45, 2.75) is 45.8 Å². The van der Waals surface area contributed by atoms with E-state index in [-0.39, 0.29) is 12.2 Å². The Morgan fingerprint density at radius 1 is 0.826 bits per heavy atom. The Morgan fingerprint density at radius 3 is 2.09 bits per heavy atom. The second-order valence-corrected chi connectivity index (χ2v) is 5.70. The lowest BCUT2D eigenvalue weighted by Gasteiger charge is -2.19. The van der Waals surface area contributed by atoms with Crippen LogP contribution in [0.4, 0.5) is 5.69 Å². The van der Waals surface area contributed by atoms with E-state index in [1.54, 1.807) is 0 Å². The molecule has 2 aromatic rings. The average Bonchev–Trinajstić information content (AvgIpc) is 2.60. The third-order valence-electron chi connectivity index (χ3n) is 3.80. The molecule has 1 N–H and O–H groups in total. The first-order valence-corrected chi connectivity index (χ1v) is 8.43. The smallest absolute Gasteiger partial charge is 0.119 e. The van der Waals surface area contributed by atoms with Crippen LogP contribution in [0.15, 0.2) is 54.6 Å². The van der Waals surface area contributed by atoms with Crippen LogP contribution in [-0.2, 0) is 0 Å². The molecule has 2 rings (SSSR count). The van der Waals surface area contributed by atoms with Crippen molar-refractivity contribution in [2.75, 3.05) is 11.9 Å². The predicted octanol–water partition coefficient (Wildman–Crippen LogP) is 5.13. The first kappa shape index (κ1) is 17.2. The van der Waals surface area contributed by atoms with Crippen molar-refractivity contribution in [1.82, 2.24) is 0 Å². The second-order valence-electron chi connectivity index (χ2n) is 5.70. The molecular weight excluding hydrogens is 286 g/mol. The Labute approximate surface area is 139 Å². The topological polar surface area (TPSA) is 30.5 Å². The van der Waals surface area contributed by atoms with Gasteiger partial charge in [0.25, 0.3) is 0 Å². The van der Waals surface area contributed by atoms with E-state index in [0.29, 0.717) is 0 Å². The number of para-hydroxylation sites is 1. The van der Waals surface area contributed by atoms with Crippen molar-refractivity contribution in [3.05, 3.63) is 54.6 Å². The predicted molar refractivity (Wildman–Crippen MR) is 96.5 cm³/mol. The number of benzene rings is 2. The number of hydrogen-bond donors (Lipinski definition) is 1. The summed E-state index contributed by atoms with van der Waals surface area (Å²) in [4.78, 5) is 0. The van der Waals surface area contributed by atoms with Crippen molar-refractivity contribution < 1.29 is 9.47 Å². The summed E-state index contributed by atoms with van der Waals surface area (Å²) in [5, 5.41) is 3.43. The maximum absolute atomic E-state index is 5.99. The molecule has 0 aliphatic rings.